The lowest BCUT2D eigenvalue weighted by atomic mass is 10.0. The molecule has 1 fully saturated rings. The normalized spacial score (nSPS) is 15.8. The molecule has 0 bridgehead atoms. The van der Waals surface area contributed by atoms with Gasteiger partial charge in [0, 0.05) is 25.1 Å². The molecule has 0 saturated heterocycles. The van der Waals surface area contributed by atoms with Crippen LogP contribution >= 0.6 is 0 Å². The van der Waals surface area contributed by atoms with Crippen LogP contribution in [0.1, 0.15) is 64.3 Å². The van der Waals surface area contributed by atoms with Gasteiger partial charge in [0.2, 0.25) is 0 Å². The molecule has 4 heteroatoms. The second-order valence-electron chi connectivity index (χ2n) is 6.35. The molecule has 2 N–H and O–H groups in total. The van der Waals surface area contributed by atoms with E-state index >= 15 is 0 Å². The fourth-order valence-electron chi connectivity index (χ4n) is 2.80. The number of nitrogens with one attached hydrogen (secondary N) is 2. The fourth-order valence-corrected chi connectivity index (χ4v) is 2.80. The zero-order chi connectivity index (χ0) is 15.3. The molecule has 0 radical (unpaired) electrons. The molecule has 0 atom stereocenters. The molecule has 0 spiro atoms. The number of rotatable bonds is 9. The van der Waals surface area contributed by atoms with Gasteiger partial charge in [-0.2, -0.15) is 0 Å². The third-order valence-corrected chi connectivity index (χ3v) is 4.42. The highest BCUT2D eigenvalue weighted by Gasteiger charge is 2.41. The Morgan fingerprint density at radius 1 is 1.00 bits per heavy atom. The molecule has 1 aliphatic carbocycles. The van der Waals surface area contributed by atoms with Crippen LogP contribution in [0.4, 0.5) is 11.6 Å². The van der Waals surface area contributed by atoms with Crippen LogP contribution < -0.4 is 10.6 Å². The molecule has 1 aromatic heterocycles. The van der Waals surface area contributed by atoms with Crippen LogP contribution in [-0.4, -0.2) is 23.1 Å². The van der Waals surface area contributed by atoms with E-state index in [1.165, 1.54) is 25.7 Å². The van der Waals surface area contributed by atoms with Crippen molar-refractivity contribution >= 4 is 11.6 Å². The summed E-state index contributed by atoms with van der Waals surface area (Å²) in [6, 6.07) is 0. The van der Waals surface area contributed by atoms with Gasteiger partial charge in [-0.1, -0.05) is 27.2 Å². The van der Waals surface area contributed by atoms with Gasteiger partial charge in [0.1, 0.15) is 17.5 Å². The molecular formula is C17H30N4. The number of hydrogen-bond acceptors (Lipinski definition) is 4. The number of hydrogen-bond donors (Lipinski definition) is 2. The quantitative estimate of drug-likeness (QED) is 0.717. The molecule has 1 saturated carbocycles. The Hall–Kier alpha value is -1.32. The van der Waals surface area contributed by atoms with Crippen molar-refractivity contribution in [2.24, 2.45) is 5.41 Å². The lowest BCUT2D eigenvalue weighted by molar-refractivity contribution is 0.485. The van der Waals surface area contributed by atoms with Gasteiger partial charge in [-0.05, 0) is 38.0 Å². The standard InChI is InChI=1S/C17H30N4/c1-5-8-17(9-10-17)12-19-16-13(4)15(18-11-6-2)20-14(7-3)21-16/h5-12H2,1-4H3,(H2,18,19,20,21). The summed E-state index contributed by atoms with van der Waals surface area (Å²) in [5.41, 5.74) is 1.68. The van der Waals surface area contributed by atoms with Gasteiger partial charge in [0.05, 0.1) is 0 Å². The van der Waals surface area contributed by atoms with Gasteiger partial charge in [-0.3, -0.25) is 0 Å². The van der Waals surface area contributed by atoms with E-state index in [4.69, 9.17) is 0 Å². The summed E-state index contributed by atoms with van der Waals surface area (Å²) in [6.45, 7) is 10.7. The summed E-state index contributed by atoms with van der Waals surface area (Å²) < 4.78 is 0. The second kappa shape index (κ2) is 7.10. The average molecular weight is 290 g/mol. The first-order valence-electron chi connectivity index (χ1n) is 8.49. The Balaban J connectivity index is 2.10. The molecule has 4 nitrogen and oxygen atoms in total. The first-order valence-corrected chi connectivity index (χ1v) is 8.49. The van der Waals surface area contributed by atoms with Crippen molar-refractivity contribution in [2.75, 3.05) is 23.7 Å². The summed E-state index contributed by atoms with van der Waals surface area (Å²) in [5, 5.41) is 7.03. The van der Waals surface area contributed by atoms with Crippen LogP contribution in [0.2, 0.25) is 0 Å². The molecule has 2 rings (SSSR count). The maximum Gasteiger partial charge on any atom is 0.134 e. The maximum absolute atomic E-state index is 4.69. The second-order valence-corrected chi connectivity index (χ2v) is 6.35. The van der Waals surface area contributed by atoms with Crippen molar-refractivity contribution in [1.29, 1.82) is 0 Å². The monoisotopic (exact) mass is 290 g/mol. The zero-order valence-corrected chi connectivity index (χ0v) is 14.1. The van der Waals surface area contributed by atoms with E-state index in [1.807, 2.05) is 0 Å². The minimum Gasteiger partial charge on any atom is -0.370 e. The van der Waals surface area contributed by atoms with Crippen LogP contribution in [0.3, 0.4) is 0 Å². The maximum atomic E-state index is 4.69. The predicted molar refractivity (Wildman–Crippen MR) is 90.0 cm³/mol. The van der Waals surface area contributed by atoms with E-state index in [-0.39, 0.29) is 0 Å². The third kappa shape index (κ3) is 4.08. The van der Waals surface area contributed by atoms with Crippen molar-refractivity contribution in [1.82, 2.24) is 9.97 Å². The van der Waals surface area contributed by atoms with Gasteiger partial charge in [-0.25, -0.2) is 9.97 Å². The fraction of sp³-hybridized carbons (Fsp3) is 0.765. The Kier molecular flexibility index (Phi) is 5.43. The Morgan fingerprint density at radius 2 is 1.67 bits per heavy atom. The van der Waals surface area contributed by atoms with E-state index in [1.54, 1.807) is 0 Å². The first kappa shape index (κ1) is 16.1. The third-order valence-electron chi connectivity index (χ3n) is 4.42. The van der Waals surface area contributed by atoms with Crippen LogP contribution in [0, 0.1) is 12.3 Å². The predicted octanol–water partition coefficient (Wildman–Crippen LogP) is 4.16. The van der Waals surface area contributed by atoms with Crippen LogP contribution in [-0.2, 0) is 6.42 Å². The van der Waals surface area contributed by atoms with Crippen molar-refractivity contribution in [3.8, 4) is 0 Å². The summed E-state index contributed by atoms with van der Waals surface area (Å²) in [6.07, 6.45) is 7.29. The van der Waals surface area contributed by atoms with Gasteiger partial charge in [0.15, 0.2) is 0 Å². The van der Waals surface area contributed by atoms with E-state index in [2.05, 4.69) is 48.3 Å². The van der Waals surface area contributed by atoms with E-state index in [0.717, 1.165) is 49.0 Å². The lowest BCUT2D eigenvalue weighted by Gasteiger charge is -2.18. The van der Waals surface area contributed by atoms with Crippen molar-refractivity contribution in [2.45, 2.75) is 66.2 Å². The van der Waals surface area contributed by atoms with Crippen molar-refractivity contribution < 1.29 is 0 Å². The molecule has 0 aromatic carbocycles. The largest absolute Gasteiger partial charge is 0.370 e. The molecule has 0 aliphatic heterocycles. The minimum absolute atomic E-state index is 0.537. The highest BCUT2D eigenvalue weighted by atomic mass is 15.1. The summed E-state index contributed by atoms with van der Waals surface area (Å²) in [5.74, 6) is 2.93. The number of anilines is 2. The van der Waals surface area contributed by atoms with Crippen molar-refractivity contribution in [3.63, 3.8) is 0 Å². The van der Waals surface area contributed by atoms with Gasteiger partial charge in [0.25, 0.3) is 0 Å². The summed E-state index contributed by atoms with van der Waals surface area (Å²) in [7, 11) is 0. The van der Waals surface area contributed by atoms with E-state index in [0.29, 0.717) is 5.41 Å². The first-order chi connectivity index (χ1) is 10.1. The summed E-state index contributed by atoms with van der Waals surface area (Å²) >= 11 is 0. The smallest absolute Gasteiger partial charge is 0.134 e. The van der Waals surface area contributed by atoms with Gasteiger partial charge in [-0.15, -0.1) is 0 Å². The molecule has 1 aliphatic rings. The highest BCUT2D eigenvalue weighted by Crippen LogP contribution is 2.49. The molecule has 1 aromatic rings. The van der Waals surface area contributed by atoms with Gasteiger partial charge >= 0.3 is 0 Å². The van der Waals surface area contributed by atoms with Crippen molar-refractivity contribution in [3.05, 3.63) is 11.4 Å². The zero-order valence-electron chi connectivity index (χ0n) is 14.1. The average Bonchev–Trinajstić information content (AvgIpc) is 3.25. The van der Waals surface area contributed by atoms with Crippen LogP contribution in [0.25, 0.3) is 0 Å². The molecule has 21 heavy (non-hydrogen) atoms. The number of aromatic nitrogens is 2. The SMILES string of the molecule is CCCNc1nc(CC)nc(NCC2(CCC)CC2)c1C. The highest BCUT2D eigenvalue weighted by molar-refractivity contribution is 5.57. The molecule has 0 amide bonds. The topological polar surface area (TPSA) is 49.8 Å². The molecule has 0 unspecified atom stereocenters. The molecule has 1 heterocycles. The Bertz CT molecular complexity index is 466. The lowest BCUT2D eigenvalue weighted by Crippen LogP contribution is -2.18. The van der Waals surface area contributed by atoms with Gasteiger partial charge < -0.3 is 10.6 Å². The molecule has 118 valence electrons. The van der Waals surface area contributed by atoms with Crippen LogP contribution in [0.5, 0.6) is 0 Å². The minimum atomic E-state index is 0.537. The Labute approximate surface area is 129 Å². The summed E-state index contributed by atoms with van der Waals surface area (Å²) in [4.78, 5) is 9.31. The van der Waals surface area contributed by atoms with Crippen LogP contribution in [0.15, 0.2) is 0 Å². The van der Waals surface area contributed by atoms with E-state index < -0.39 is 0 Å². The van der Waals surface area contributed by atoms with E-state index in [9.17, 15) is 0 Å². The number of nitrogens with zero attached hydrogens (tertiary/aromatic N) is 2. The molecular weight excluding hydrogens is 260 g/mol. The Morgan fingerprint density at radius 3 is 2.19 bits per heavy atom. The number of aryl methyl sites for hydroxylation is 1.